The van der Waals surface area contributed by atoms with E-state index < -0.39 is 0 Å². The molecule has 0 bridgehead atoms. The van der Waals surface area contributed by atoms with Crippen LogP contribution in [-0.2, 0) is 19.8 Å². The fourth-order valence-corrected chi connectivity index (χ4v) is 5.05. The van der Waals surface area contributed by atoms with Crippen LogP contribution in [0.15, 0.2) is 38.9 Å². The van der Waals surface area contributed by atoms with Gasteiger partial charge in [0, 0.05) is 30.8 Å². The third-order valence-corrected chi connectivity index (χ3v) is 6.80. The number of fused-ring (bicyclic) bond motifs is 1. The number of aryl methyl sites for hydroxylation is 1. The van der Waals surface area contributed by atoms with Crippen LogP contribution in [0, 0.1) is 0 Å². The second-order valence-electron chi connectivity index (χ2n) is 7.54. The monoisotopic (exact) mass is 430 g/mol. The molecule has 2 aromatic heterocycles. The van der Waals surface area contributed by atoms with Gasteiger partial charge in [0.15, 0.2) is 5.65 Å². The molecule has 1 aromatic carbocycles. The predicted octanol–water partition coefficient (Wildman–Crippen LogP) is 4.02. The SMILES string of the molecule is Cn1c(=O)c2c(SCc3cccc(Cl)c3)nc(C3CCCCC3)nc2n(C)c1=O. The van der Waals surface area contributed by atoms with E-state index in [0.29, 0.717) is 26.8 Å². The maximum Gasteiger partial charge on any atom is 0.332 e. The minimum atomic E-state index is -0.374. The third kappa shape index (κ3) is 3.98. The number of rotatable bonds is 4. The van der Waals surface area contributed by atoms with Crippen molar-refractivity contribution < 1.29 is 0 Å². The first-order valence-electron chi connectivity index (χ1n) is 9.80. The standard InChI is InChI=1S/C21H23ClN4O2S/c1-25-18-16(20(27)26(2)21(25)28)19(29-12-13-7-6-10-15(22)11-13)24-17(23-18)14-8-4-3-5-9-14/h6-7,10-11,14H,3-5,8-9,12H2,1-2H3. The van der Waals surface area contributed by atoms with Crippen LogP contribution in [-0.4, -0.2) is 19.1 Å². The highest BCUT2D eigenvalue weighted by Crippen LogP contribution is 2.33. The van der Waals surface area contributed by atoms with Gasteiger partial charge in [0.05, 0.1) is 0 Å². The maximum absolute atomic E-state index is 12.9. The molecule has 0 saturated heterocycles. The summed E-state index contributed by atoms with van der Waals surface area (Å²) in [6, 6.07) is 7.65. The Morgan fingerprint density at radius 1 is 1.10 bits per heavy atom. The van der Waals surface area contributed by atoms with Gasteiger partial charge >= 0.3 is 5.69 Å². The Morgan fingerprint density at radius 3 is 2.59 bits per heavy atom. The molecule has 0 spiro atoms. The van der Waals surface area contributed by atoms with Gasteiger partial charge in [-0.2, -0.15) is 0 Å². The fraction of sp³-hybridized carbons (Fsp3) is 0.429. The van der Waals surface area contributed by atoms with Gasteiger partial charge in [0.25, 0.3) is 5.56 Å². The van der Waals surface area contributed by atoms with Crippen molar-refractivity contribution in [2.75, 3.05) is 0 Å². The van der Waals surface area contributed by atoms with Crippen molar-refractivity contribution in [3.8, 4) is 0 Å². The lowest BCUT2D eigenvalue weighted by atomic mass is 9.89. The van der Waals surface area contributed by atoms with E-state index in [2.05, 4.69) is 0 Å². The number of nitrogens with zero attached hydrogens (tertiary/aromatic N) is 4. The van der Waals surface area contributed by atoms with Crippen LogP contribution < -0.4 is 11.2 Å². The Bertz CT molecular complexity index is 1180. The number of halogens is 1. The second kappa shape index (κ2) is 8.32. The first-order chi connectivity index (χ1) is 14.0. The van der Waals surface area contributed by atoms with E-state index in [1.165, 1.54) is 29.8 Å². The highest BCUT2D eigenvalue weighted by atomic mass is 35.5. The summed E-state index contributed by atoms with van der Waals surface area (Å²) in [6.07, 6.45) is 5.64. The van der Waals surface area contributed by atoms with Gasteiger partial charge in [-0.1, -0.05) is 43.0 Å². The molecule has 6 nitrogen and oxygen atoms in total. The summed E-state index contributed by atoms with van der Waals surface area (Å²) in [5.74, 6) is 1.65. The lowest BCUT2D eigenvalue weighted by molar-refractivity contribution is 0.427. The van der Waals surface area contributed by atoms with Gasteiger partial charge in [-0.05, 0) is 30.5 Å². The van der Waals surface area contributed by atoms with Crippen LogP contribution in [0.5, 0.6) is 0 Å². The normalized spacial score (nSPS) is 15.1. The van der Waals surface area contributed by atoms with Gasteiger partial charge in [-0.25, -0.2) is 14.8 Å². The van der Waals surface area contributed by atoms with E-state index in [4.69, 9.17) is 21.6 Å². The minimum Gasteiger partial charge on any atom is -0.280 e. The van der Waals surface area contributed by atoms with Crippen molar-refractivity contribution in [1.29, 1.82) is 0 Å². The van der Waals surface area contributed by atoms with E-state index in [0.717, 1.165) is 41.6 Å². The van der Waals surface area contributed by atoms with E-state index in [-0.39, 0.29) is 17.2 Å². The van der Waals surface area contributed by atoms with Crippen molar-refractivity contribution in [2.24, 2.45) is 14.1 Å². The lowest BCUT2D eigenvalue weighted by Crippen LogP contribution is -2.38. The zero-order chi connectivity index (χ0) is 20.5. The molecular formula is C21H23ClN4O2S. The topological polar surface area (TPSA) is 69.8 Å². The molecule has 1 saturated carbocycles. The average Bonchev–Trinajstić information content (AvgIpc) is 2.74. The van der Waals surface area contributed by atoms with Crippen LogP contribution in [0.3, 0.4) is 0 Å². The predicted molar refractivity (Wildman–Crippen MR) is 117 cm³/mol. The quantitative estimate of drug-likeness (QED) is 0.461. The summed E-state index contributed by atoms with van der Waals surface area (Å²) in [5.41, 5.74) is 0.742. The molecule has 0 atom stereocenters. The Balaban J connectivity index is 1.85. The minimum absolute atomic E-state index is 0.276. The van der Waals surface area contributed by atoms with Crippen molar-refractivity contribution in [3.63, 3.8) is 0 Å². The number of benzene rings is 1. The molecule has 3 aromatic rings. The highest BCUT2D eigenvalue weighted by molar-refractivity contribution is 7.98. The van der Waals surface area contributed by atoms with Gasteiger partial charge < -0.3 is 0 Å². The van der Waals surface area contributed by atoms with Crippen molar-refractivity contribution in [3.05, 3.63) is 61.5 Å². The van der Waals surface area contributed by atoms with Gasteiger partial charge in [-0.15, -0.1) is 11.8 Å². The summed E-state index contributed by atoms with van der Waals surface area (Å²) >= 11 is 7.60. The van der Waals surface area contributed by atoms with Crippen LogP contribution >= 0.6 is 23.4 Å². The molecule has 29 heavy (non-hydrogen) atoms. The first kappa shape index (κ1) is 20.2. The van der Waals surface area contributed by atoms with E-state index in [1.807, 2.05) is 24.3 Å². The largest absolute Gasteiger partial charge is 0.332 e. The Morgan fingerprint density at radius 2 is 1.86 bits per heavy atom. The zero-order valence-corrected chi connectivity index (χ0v) is 18.1. The molecule has 0 aliphatic heterocycles. The Labute approximate surface area is 177 Å². The summed E-state index contributed by atoms with van der Waals surface area (Å²) in [4.78, 5) is 34.9. The molecule has 2 heterocycles. The molecule has 1 aliphatic rings. The zero-order valence-electron chi connectivity index (χ0n) is 16.5. The van der Waals surface area contributed by atoms with Crippen LogP contribution in [0.4, 0.5) is 0 Å². The van der Waals surface area contributed by atoms with Crippen LogP contribution in [0.25, 0.3) is 11.0 Å². The summed E-state index contributed by atoms with van der Waals surface area (Å²) in [7, 11) is 3.15. The average molecular weight is 431 g/mol. The van der Waals surface area contributed by atoms with E-state index >= 15 is 0 Å². The molecule has 0 amide bonds. The van der Waals surface area contributed by atoms with E-state index in [9.17, 15) is 9.59 Å². The first-order valence-corrected chi connectivity index (χ1v) is 11.2. The van der Waals surface area contributed by atoms with Crippen LogP contribution in [0.1, 0.15) is 49.4 Å². The molecule has 152 valence electrons. The van der Waals surface area contributed by atoms with Gasteiger partial charge in [0.1, 0.15) is 16.2 Å². The van der Waals surface area contributed by atoms with Gasteiger partial charge in [-0.3, -0.25) is 13.9 Å². The number of aromatic nitrogens is 4. The fourth-order valence-electron chi connectivity index (χ4n) is 3.87. The molecule has 0 radical (unpaired) electrons. The van der Waals surface area contributed by atoms with Crippen molar-refractivity contribution in [2.45, 2.75) is 48.8 Å². The van der Waals surface area contributed by atoms with Gasteiger partial charge in [0.2, 0.25) is 0 Å². The smallest absolute Gasteiger partial charge is 0.280 e. The molecule has 0 N–H and O–H groups in total. The summed E-state index contributed by atoms with van der Waals surface area (Å²) in [5, 5.41) is 1.71. The molecule has 1 aliphatic carbocycles. The molecule has 0 unspecified atom stereocenters. The molecular weight excluding hydrogens is 408 g/mol. The summed E-state index contributed by atoms with van der Waals surface area (Å²) in [6.45, 7) is 0. The van der Waals surface area contributed by atoms with Crippen LogP contribution in [0.2, 0.25) is 5.02 Å². The highest BCUT2D eigenvalue weighted by Gasteiger charge is 2.23. The third-order valence-electron chi connectivity index (χ3n) is 5.52. The number of thioether (sulfide) groups is 1. The molecule has 4 rings (SSSR count). The molecule has 1 fully saturated rings. The Hall–Kier alpha value is -2.12. The number of hydrogen-bond donors (Lipinski definition) is 0. The number of hydrogen-bond acceptors (Lipinski definition) is 5. The van der Waals surface area contributed by atoms with Crippen molar-refractivity contribution in [1.82, 2.24) is 19.1 Å². The van der Waals surface area contributed by atoms with Crippen molar-refractivity contribution >= 4 is 34.4 Å². The second-order valence-corrected chi connectivity index (χ2v) is 8.95. The summed E-state index contributed by atoms with van der Waals surface area (Å²) < 4.78 is 2.57. The Kier molecular flexibility index (Phi) is 5.79. The van der Waals surface area contributed by atoms with E-state index in [1.54, 1.807) is 7.05 Å². The maximum atomic E-state index is 12.9. The lowest BCUT2D eigenvalue weighted by Gasteiger charge is -2.21. The molecule has 8 heteroatoms.